The third-order valence-corrected chi connectivity index (χ3v) is 6.69. The standard InChI is InChI=1S/C29H35N3O/c1-18-5-7-22(8-6-18)15-23-9-10-27-25(16-23)28(11-12-31-27)32-29(33)26(30)17-24-20(3)13-19(2)14-21(24)4/h5-10,13-14,16,26,28,31H,11-12,15,17,30H2,1-4H3,(H,32,33). The van der Waals surface area contributed by atoms with E-state index in [4.69, 9.17) is 5.73 Å². The number of aryl methyl sites for hydroxylation is 4. The molecule has 0 saturated carbocycles. The predicted octanol–water partition coefficient (Wildman–Crippen LogP) is 5.05. The topological polar surface area (TPSA) is 67.2 Å². The van der Waals surface area contributed by atoms with Crippen molar-refractivity contribution in [3.63, 3.8) is 0 Å². The molecule has 33 heavy (non-hydrogen) atoms. The number of hydrogen-bond acceptors (Lipinski definition) is 3. The van der Waals surface area contributed by atoms with Crippen molar-refractivity contribution in [2.45, 2.75) is 59.0 Å². The van der Waals surface area contributed by atoms with E-state index in [1.165, 1.54) is 38.9 Å². The van der Waals surface area contributed by atoms with Crippen molar-refractivity contribution < 1.29 is 4.79 Å². The van der Waals surface area contributed by atoms with Crippen LogP contribution in [-0.4, -0.2) is 18.5 Å². The van der Waals surface area contributed by atoms with Gasteiger partial charge in [0.15, 0.2) is 0 Å². The van der Waals surface area contributed by atoms with E-state index in [2.05, 4.69) is 92.9 Å². The maximum atomic E-state index is 13.1. The minimum atomic E-state index is -0.570. The maximum absolute atomic E-state index is 13.1. The summed E-state index contributed by atoms with van der Waals surface area (Å²) in [6.07, 6.45) is 2.27. The molecule has 4 heteroatoms. The second-order valence-electron chi connectivity index (χ2n) is 9.55. The Morgan fingerprint density at radius 1 is 0.970 bits per heavy atom. The first kappa shape index (κ1) is 23.1. The van der Waals surface area contributed by atoms with E-state index in [1.807, 2.05) is 0 Å². The summed E-state index contributed by atoms with van der Waals surface area (Å²) in [5.41, 5.74) is 17.2. The molecule has 3 aromatic carbocycles. The molecule has 4 nitrogen and oxygen atoms in total. The quantitative estimate of drug-likeness (QED) is 0.501. The van der Waals surface area contributed by atoms with Gasteiger partial charge in [-0.15, -0.1) is 0 Å². The summed E-state index contributed by atoms with van der Waals surface area (Å²) in [6.45, 7) is 9.23. The highest BCUT2D eigenvalue weighted by Gasteiger charge is 2.25. The van der Waals surface area contributed by atoms with Gasteiger partial charge in [0.05, 0.1) is 12.1 Å². The number of carbonyl (C=O) groups is 1. The summed E-state index contributed by atoms with van der Waals surface area (Å²) in [4.78, 5) is 13.1. The smallest absolute Gasteiger partial charge is 0.237 e. The number of rotatable bonds is 6. The summed E-state index contributed by atoms with van der Waals surface area (Å²) >= 11 is 0. The van der Waals surface area contributed by atoms with Crippen molar-refractivity contribution in [3.8, 4) is 0 Å². The molecule has 3 aromatic rings. The summed E-state index contributed by atoms with van der Waals surface area (Å²) in [6, 6.07) is 18.9. The lowest BCUT2D eigenvalue weighted by Gasteiger charge is -2.29. The average Bonchev–Trinajstić information content (AvgIpc) is 2.78. The van der Waals surface area contributed by atoms with E-state index in [9.17, 15) is 4.79 Å². The van der Waals surface area contributed by atoms with Crippen molar-refractivity contribution >= 4 is 11.6 Å². The van der Waals surface area contributed by atoms with Gasteiger partial charge in [-0.2, -0.15) is 0 Å². The third kappa shape index (κ3) is 5.45. The highest BCUT2D eigenvalue weighted by atomic mass is 16.2. The van der Waals surface area contributed by atoms with Crippen molar-refractivity contribution in [3.05, 3.63) is 99.1 Å². The van der Waals surface area contributed by atoms with Gasteiger partial charge in [0.25, 0.3) is 0 Å². The number of nitrogens with two attached hydrogens (primary N) is 1. The highest BCUT2D eigenvalue weighted by Crippen LogP contribution is 2.31. The largest absolute Gasteiger partial charge is 0.385 e. The molecule has 0 radical (unpaired) electrons. The molecule has 2 atom stereocenters. The zero-order valence-electron chi connectivity index (χ0n) is 20.2. The van der Waals surface area contributed by atoms with E-state index >= 15 is 0 Å². The molecule has 172 valence electrons. The van der Waals surface area contributed by atoms with Crippen LogP contribution in [0.1, 0.15) is 57.0 Å². The number of fused-ring (bicyclic) bond motifs is 1. The second-order valence-corrected chi connectivity index (χ2v) is 9.55. The first-order valence-electron chi connectivity index (χ1n) is 11.8. The normalized spacial score (nSPS) is 16.0. The van der Waals surface area contributed by atoms with Gasteiger partial charge < -0.3 is 16.4 Å². The van der Waals surface area contributed by atoms with Crippen LogP contribution in [0.4, 0.5) is 5.69 Å². The average molecular weight is 442 g/mol. The molecular formula is C29H35N3O. The Bertz CT molecular complexity index is 1130. The van der Waals surface area contributed by atoms with Crippen LogP contribution in [-0.2, 0) is 17.6 Å². The molecule has 0 aromatic heterocycles. The Kier molecular flexibility index (Phi) is 6.85. The van der Waals surface area contributed by atoms with E-state index in [0.29, 0.717) is 6.42 Å². The zero-order valence-corrected chi connectivity index (χ0v) is 20.2. The molecule has 1 amide bonds. The van der Waals surface area contributed by atoms with Gasteiger partial charge in [0.2, 0.25) is 5.91 Å². The fourth-order valence-electron chi connectivity index (χ4n) is 4.89. The van der Waals surface area contributed by atoms with Gasteiger partial charge >= 0.3 is 0 Å². The monoisotopic (exact) mass is 441 g/mol. The fraction of sp³-hybridized carbons (Fsp3) is 0.345. The molecule has 4 rings (SSSR count). The minimum absolute atomic E-state index is 0.0296. The maximum Gasteiger partial charge on any atom is 0.237 e. The summed E-state index contributed by atoms with van der Waals surface area (Å²) in [7, 11) is 0. The van der Waals surface area contributed by atoms with Gasteiger partial charge in [-0.05, 0) is 86.4 Å². The molecule has 0 aliphatic carbocycles. The number of nitrogens with one attached hydrogen (secondary N) is 2. The Morgan fingerprint density at radius 3 is 2.33 bits per heavy atom. The van der Waals surface area contributed by atoms with Crippen LogP contribution in [0.15, 0.2) is 54.6 Å². The SMILES string of the molecule is Cc1ccc(Cc2ccc3c(c2)C(NC(=O)C(N)Cc2c(C)cc(C)cc2C)CCN3)cc1. The Hall–Kier alpha value is -3.11. The molecule has 2 unspecified atom stereocenters. The lowest BCUT2D eigenvalue weighted by molar-refractivity contribution is -0.123. The first-order chi connectivity index (χ1) is 15.8. The minimum Gasteiger partial charge on any atom is -0.385 e. The first-order valence-corrected chi connectivity index (χ1v) is 11.8. The van der Waals surface area contributed by atoms with Gasteiger partial charge in [0, 0.05) is 12.2 Å². The number of amides is 1. The van der Waals surface area contributed by atoms with Crippen molar-refractivity contribution in [2.24, 2.45) is 5.73 Å². The van der Waals surface area contributed by atoms with Crippen LogP contribution in [0.3, 0.4) is 0 Å². The summed E-state index contributed by atoms with van der Waals surface area (Å²) in [5.74, 6) is -0.0869. The molecule has 0 bridgehead atoms. The number of hydrogen-bond donors (Lipinski definition) is 3. The zero-order chi connectivity index (χ0) is 23.5. The summed E-state index contributed by atoms with van der Waals surface area (Å²) in [5, 5.41) is 6.71. The molecule has 1 aliphatic rings. The van der Waals surface area contributed by atoms with Gasteiger partial charge in [-0.3, -0.25) is 4.79 Å². The third-order valence-electron chi connectivity index (χ3n) is 6.69. The van der Waals surface area contributed by atoms with E-state index < -0.39 is 6.04 Å². The molecular weight excluding hydrogens is 406 g/mol. The summed E-state index contributed by atoms with van der Waals surface area (Å²) < 4.78 is 0. The van der Waals surface area contributed by atoms with Gasteiger partial charge in [0.1, 0.15) is 0 Å². The van der Waals surface area contributed by atoms with Crippen LogP contribution in [0.2, 0.25) is 0 Å². The second kappa shape index (κ2) is 9.80. The van der Waals surface area contributed by atoms with Crippen LogP contribution < -0.4 is 16.4 Å². The fourth-order valence-corrected chi connectivity index (χ4v) is 4.89. The van der Waals surface area contributed by atoms with Crippen molar-refractivity contribution in [2.75, 3.05) is 11.9 Å². The molecule has 0 saturated heterocycles. The van der Waals surface area contributed by atoms with E-state index in [-0.39, 0.29) is 11.9 Å². The molecule has 4 N–H and O–H groups in total. The molecule has 1 aliphatic heterocycles. The lowest BCUT2D eigenvalue weighted by Crippen LogP contribution is -2.44. The van der Waals surface area contributed by atoms with E-state index in [0.717, 1.165) is 30.6 Å². The van der Waals surface area contributed by atoms with Gasteiger partial charge in [-0.1, -0.05) is 59.7 Å². The number of anilines is 1. The predicted molar refractivity (Wildman–Crippen MR) is 137 cm³/mol. The van der Waals surface area contributed by atoms with Crippen LogP contribution in [0, 0.1) is 27.7 Å². The van der Waals surface area contributed by atoms with Crippen LogP contribution >= 0.6 is 0 Å². The Morgan fingerprint density at radius 2 is 1.64 bits per heavy atom. The van der Waals surface area contributed by atoms with Crippen molar-refractivity contribution in [1.29, 1.82) is 0 Å². The van der Waals surface area contributed by atoms with E-state index in [1.54, 1.807) is 0 Å². The van der Waals surface area contributed by atoms with Crippen LogP contribution in [0.5, 0.6) is 0 Å². The highest BCUT2D eigenvalue weighted by molar-refractivity contribution is 5.82. The Balaban J connectivity index is 1.48. The number of carbonyl (C=O) groups excluding carboxylic acids is 1. The molecule has 1 heterocycles. The Labute approximate surface area is 197 Å². The van der Waals surface area contributed by atoms with Crippen LogP contribution in [0.25, 0.3) is 0 Å². The van der Waals surface area contributed by atoms with Crippen molar-refractivity contribution in [1.82, 2.24) is 5.32 Å². The molecule has 0 fully saturated rings. The number of benzene rings is 3. The van der Waals surface area contributed by atoms with Gasteiger partial charge in [-0.25, -0.2) is 0 Å². The lowest BCUT2D eigenvalue weighted by atomic mass is 9.92. The molecule has 0 spiro atoms.